The lowest BCUT2D eigenvalue weighted by molar-refractivity contribution is -0.127. The van der Waals surface area contributed by atoms with E-state index in [1.807, 2.05) is 23.1 Å². The maximum absolute atomic E-state index is 11.9. The Labute approximate surface area is 119 Å². The van der Waals surface area contributed by atoms with Crippen LogP contribution in [0.15, 0.2) is 24.3 Å². The lowest BCUT2D eigenvalue weighted by atomic mass is 9.99. The second kappa shape index (κ2) is 6.85. The number of phenolic OH excluding ortho intramolecular Hbond substituents is 1. The first-order valence-corrected chi connectivity index (χ1v) is 7.98. The zero-order valence-corrected chi connectivity index (χ0v) is 12.2. The van der Waals surface area contributed by atoms with Crippen LogP contribution in [0.25, 0.3) is 0 Å². The third kappa shape index (κ3) is 4.16. The van der Waals surface area contributed by atoms with Crippen LogP contribution in [-0.4, -0.2) is 40.5 Å². The van der Waals surface area contributed by atoms with E-state index in [1.165, 1.54) is 0 Å². The number of carbonyl (C=O) groups excluding carboxylic acids is 1. The van der Waals surface area contributed by atoms with Crippen molar-refractivity contribution in [2.24, 2.45) is 5.92 Å². The first kappa shape index (κ1) is 14.3. The molecule has 1 aliphatic rings. The Hall–Kier alpha value is -1.16. The van der Waals surface area contributed by atoms with Gasteiger partial charge in [-0.2, -0.15) is 11.8 Å². The molecule has 104 valence electrons. The molecule has 2 rings (SSSR count). The van der Waals surface area contributed by atoms with Crippen molar-refractivity contribution in [3.05, 3.63) is 29.8 Å². The fourth-order valence-corrected chi connectivity index (χ4v) is 3.08. The molecule has 0 spiro atoms. The zero-order chi connectivity index (χ0) is 13.7. The van der Waals surface area contributed by atoms with Gasteiger partial charge < -0.3 is 10.0 Å². The van der Waals surface area contributed by atoms with E-state index in [-0.39, 0.29) is 5.91 Å². The summed E-state index contributed by atoms with van der Waals surface area (Å²) >= 11 is 1.69. The molecule has 0 bridgehead atoms. The second-order valence-corrected chi connectivity index (χ2v) is 6.28. The van der Waals surface area contributed by atoms with Gasteiger partial charge in [-0.15, -0.1) is 0 Å². The van der Waals surface area contributed by atoms with Gasteiger partial charge in [-0.1, -0.05) is 19.1 Å². The summed E-state index contributed by atoms with van der Waals surface area (Å²) in [5.41, 5.74) is 1.15. The van der Waals surface area contributed by atoms with Crippen LogP contribution in [0.5, 0.6) is 5.75 Å². The van der Waals surface area contributed by atoms with Gasteiger partial charge in [0.2, 0.25) is 5.91 Å². The van der Waals surface area contributed by atoms with Crippen molar-refractivity contribution < 1.29 is 9.90 Å². The van der Waals surface area contributed by atoms with Crippen molar-refractivity contribution in [3.63, 3.8) is 0 Å². The van der Waals surface area contributed by atoms with Crippen molar-refractivity contribution in [2.75, 3.05) is 24.6 Å². The Morgan fingerprint density at radius 1 is 1.53 bits per heavy atom. The molecule has 1 saturated heterocycles. The van der Waals surface area contributed by atoms with E-state index in [2.05, 4.69) is 6.92 Å². The second-order valence-electron chi connectivity index (χ2n) is 5.01. The highest BCUT2D eigenvalue weighted by molar-refractivity contribution is 7.99. The topological polar surface area (TPSA) is 40.5 Å². The molecule has 1 atom stereocenters. The monoisotopic (exact) mass is 279 g/mol. The molecule has 1 N–H and O–H groups in total. The van der Waals surface area contributed by atoms with Gasteiger partial charge in [0, 0.05) is 13.1 Å². The molecule has 1 aliphatic heterocycles. The van der Waals surface area contributed by atoms with Crippen molar-refractivity contribution in [1.82, 2.24) is 4.90 Å². The first-order valence-electron chi connectivity index (χ1n) is 6.82. The van der Waals surface area contributed by atoms with Crippen LogP contribution >= 0.6 is 11.8 Å². The van der Waals surface area contributed by atoms with E-state index in [4.69, 9.17) is 0 Å². The molecule has 0 aliphatic carbocycles. The van der Waals surface area contributed by atoms with Gasteiger partial charge in [0.1, 0.15) is 5.75 Å². The van der Waals surface area contributed by atoms with Gasteiger partial charge in [-0.3, -0.25) is 4.79 Å². The van der Waals surface area contributed by atoms with Crippen LogP contribution in [0.4, 0.5) is 0 Å². The Morgan fingerprint density at radius 3 is 3.11 bits per heavy atom. The van der Waals surface area contributed by atoms with Crippen molar-refractivity contribution >= 4 is 17.7 Å². The minimum atomic E-state index is 0.269. The minimum absolute atomic E-state index is 0.269. The number of carbonyl (C=O) groups is 1. The third-order valence-corrected chi connectivity index (χ3v) is 4.36. The molecule has 0 aromatic heterocycles. The van der Waals surface area contributed by atoms with Crippen molar-refractivity contribution in [1.29, 1.82) is 0 Å². The number of phenols is 1. The molecule has 19 heavy (non-hydrogen) atoms. The Morgan fingerprint density at radius 2 is 2.37 bits per heavy atom. The largest absolute Gasteiger partial charge is 0.508 e. The fraction of sp³-hybridized carbons (Fsp3) is 0.533. The van der Waals surface area contributed by atoms with Crippen LogP contribution in [0.3, 0.4) is 0 Å². The Balaban J connectivity index is 1.83. The van der Waals surface area contributed by atoms with Gasteiger partial charge in [0.15, 0.2) is 0 Å². The number of aromatic hydroxyl groups is 1. The maximum atomic E-state index is 11.9. The quantitative estimate of drug-likeness (QED) is 0.900. The molecule has 4 heteroatoms. The molecule has 1 aromatic carbocycles. The molecule has 3 nitrogen and oxygen atoms in total. The number of rotatable bonds is 5. The van der Waals surface area contributed by atoms with Gasteiger partial charge in [-0.25, -0.2) is 0 Å². The van der Waals surface area contributed by atoms with Gasteiger partial charge in [0.25, 0.3) is 0 Å². The summed E-state index contributed by atoms with van der Waals surface area (Å²) in [5, 5.41) is 9.46. The minimum Gasteiger partial charge on any atom is -0.508 e. The number of thioether (sulfide) groups is 1. The Kier molecular flexibility index (Phi) is 5.14. The lowest BCUT2D eigenvalue weighted by Crippen LogP contribution is -2.30. The molecule has 1 aromatic rings. The Bertz CT molecular complexity index is 436. The van der Waals surface area contributed by atoms with Crippen molar-refractivity contribution in [3.8, 4) is 5.75 Å². The lowest BCUT2D eigenvalue weighted by Gasteiger charge is -2.16. The maximum Gasteiger partial charge on any atom is 0.232 e. The van der Waals surface area contributed by atoms with Gasteiger partial charge in [0.05, 0.1) is 5.75 Å². The molecule has 1 unspecified atom stereocenters. The third-order valence-electron chi connectivity index (χ3n) is 3.50. The summed E-state index contributed by atoms with van der Waals surface area (Å²) in [6.07, 6.45) is 2.01. The average Bonchev–Trinajstić information content (AvgIpc) is 2.84. The van der Waals surface area contributed by atoms with Gasteiger partial charge in [-0.05, 0) is 42.2 Å². The van der Waals surface area contributed by atoms with E-state index in [0.29, 0.717) is 17.4 Å². The smallest absolute Gasteiger partial charge is 0.232 e. The number of hydrogen-bond donors (Lipinski definition) is 1. The summed E-state index contributed by atoms with van der Waals surface area (Å²) in [7, 11) is 0. The van der Waals surface area contributed by atoms with E-state index in [1.54, 1.807) is 17.8 Å². The molecule has 1 heterocycles. The molecule has 1 fully saturated rings. The summed E-state index contributed by atoms with van der Waals surface area (Å²) in [5.74, 6) is 2.71. The fourth-order valence-electron chi connectivity index (χ4n) is 2.52. The normalized spacial score (nSPS) is 18.8. The van der Waals surface area contributed by atoms with Crippen molar-refractivity contribution in [2.45, 2.75) is 19.8 Å². The van der Waals surface area contributed by atoms with E-state index in [0.717, 1.165) is 37.2 Å². The molecule has 0 radical (unpaired) electrons. The SMILES string of the molecule is CCSCC(=O)N1CCC(Cc2cccc(O)c2)C1. The predicted molar refractivity (Wildman–Crippen MR) is 79.5 cm³/mol. The number of amides is 1. The first-order chi connectivity index (χ1) is 9.19. The highest BCUT2D eigenvalue weighted by Crippen LogP contribution is 2.23. The predicted octanol–water partition coefficient (Wildman–Crippen LogP) is 2.54. The molecular formula is C15H21NO2S. The van der Waals surface area contributed by atoms with E-state index >= 15 is 0 Å². The van der Waals surface area contributed by atoms with Gasteiger partial charge >= 0.3 is 0 Å². The van der Waals surface area contributed by atoms with E-state index < -0.39 is 0 Å². The number of benzene rings is 1. The number of hydrogen-bond acceptors (Lipinski definition) is 3. The summed E-state index contributed by atoms with van der Waals surface area (Å²) in [4.78, 5) is 13.9. The van der Waals surface area contributed by atoms with Crippen LogP contribution < -0.4 is 0 Å². The highest BCUT2D eigenvalue weighted by atomic mass is 32.2. The molecule has 1 amide bonds. The number of nitrogens with zero attached hydrogens (tertiary/aromatic N) is 1. The van der Waals surface area contributed by atoms with Crippen LogP contribution in [-0.2, 0) is 11.2 Å². The van der Waals surface area contributed by atoms with E-state index in [9.17, 15) is 9.90 Å². The zero-order valence-electron chi connectivity index (χ0n) is 11.3. The number of likely N-dealkylation sites (tertiary alicyclic amines) is 1. The highest BCUT2D eigenvalue weighted by Gasteiger charge is 2.25. The van der Waals surface area contributed by atoms with Crippen LogP contribution in [0, 0.1) is 5.92 Å². The summed E-state index contributed by atoms with van der Waals surface area (Å²) in [6.45, 7) is 3.82. The summed E-state index contributed by atoms with van der Waals surface area (Å²) in [6, 6.07) is 7.42. The van der Waals surface area contributed by atoms with Crippen LogP contribution in [0.2, 0.25) is 0 Å². The molecule has 0 saturated carbocycles. The van der Waals surface area contributed by atoms with Crippen LogP contribution in [0.1, 0.15) is 18.9 Å². The average molecular weight is 279 g/mol. The summed E-state index contributed by atoms with van der Waals surface area (Å²) < 4.78 is 0. The standard InChI is InChI=1S/C15H21NO2S/c1-2-19-11-15(18)16-7-6-13(10-16)8-12-4-3-5-14(17)9-12/h3-5,9,13,17H,2,6-8,10-11H2,1H3. The molecular weight excluding hydrogens is 258 g/mol.